The highest BCUT2D eigenvalue weighted by Gasteiger charge is 2.47. The summed E-state index contributed by atoms with van der Waals surface area (Å²) in [6.07, 6.45) is 5.45. The number of unbranched alkanes of at least 4 members (excludes halogenated alkanes) is 1. The van der Waals surface area contributed by atoms with Crippen LogP contribution in [0.4, 0.5) is 0 Å². The zero-order valence-electron chi connectivity index (χ0n) is 25.4. The van der Waals surface area contributed by atoms with Crippen molar-refractivity contribution in [2.75, 3.05) is 66.7 Å². The number of aliphatic hydroxyl groups is 1. The first-order chi connectivity index (χ1) is 20.2. The van der Waals surface area contributed by atoms with E-state index >= 15 is 0 Å². The van der Waals surface area contributed by atoms with E-state index in [0.29, 0.717) is 62.5 Å². The van der Waals surface area contributed by atoms with E-state index in [1.165, 1.54) is 0 Å². The van der Waals surface area contributed by atoms with Gasteiger partial charge in [-0.3, -0.25) is 19.3 Å². The number of nitrogens with zero attached hydrogens (tertiary/aromatic N) is 4. The first-order valence-electron chi connectivity index (χ1n) is 15.4. The third-order valence-electron chi connectivity index (χ3n) is 8.81. The van der Waals surface area contributed by atoms with Gasteiger partial charge in [0.25, 0.3) is 0 Å². The van der Waals surface area contributed by atoms with Crippen molar-refractivity contribution in [1.82, 2.24) is 19.6 Å². The number of rotatable bonds is 16. The smallest absolute Gasteiger partial charge is 0.308 e. The number of hydrogen-bond donors (Lipinski definition) is 2. The predicted octanol–water partition coefficient (Wildman–Crippen LogP) is 2.36. The number of carbonyl (C=O) groups is 3. The number of amides is 2. The van der Waals surface area contributed by atoms with Crippen molar-refractivity contribution in [1.29, 1.82) is 0 Å². The molecule has 0 aliphatic carbocycles. The molecule has 0 unspecified atom stereocenters. The Morgan fingerprint density at radius 2 is 1.88 bits per heavy atom. The van der Waals surface area contributed by atoms with Crippen LogP contribution >= 0.6 is 0 Å². The Morgan fingerprint density at radius 1 is 1.10 bits per heavy atom. The first-order valence-corrected chi connectivity index (χ1v) is 15.4. The molecule has 1 aromatic rings. The molecule has 0 radical (unpaired) electrons. The van der Waals surface area contributed by atoms with E-state index in [9.17, 15) is 24.6 Å². The first kappa shape index (κ1) is 32.0. The number of aliphatic hydroxyl groups excluding tert-OH is 1. The van der Waals surface area contributed by atoms with Crippen LogP contribution < -0.4 is 9.47 Å². The summed E-state index contributed by atoms with van der Waals surface area (Å²) in [6.45, 7) is 6.05. The van der Waals surface area contributed by atoms with Gasteiger partial charge in [-0.25, -0.2) is 0 Å². The van der Waals surface area contributed by atoms with Crippen molar-refractivity contribution in [2.24, 2.45) is 5.92 Å². The molecule has 0 saturated carbocycles. The maximum absolute atomic E-state index is 13.7. The van der Waals surface area contributed by atoms with Crippen molar-refractivity contribution >= 4 is 17.8 Å². The number of ether oxygens (including phenoxy) is 2. The van der Waals surface area contributed by atoms with Gasteiger partial charge in [0.05, 0.1) is 19.1 Å². The number of carboxylic acids is 1. The highest BCUT2D eigenvalue weighted by atomic mass is 16.7. The minimum atomic E-state index is -0.908. The molecule has 3 atom stereocenters. The Morgan fingerprint density at radius 3 is 2.55 bits per heavy atom. The van der Waals surface area contributed by atoms with Crippen molar-refractivity contribution in [2.45, 2.75) is 70.4 Å². The average molecular weight is 589 g/mol. The van der Waals surface area contributed by atoms with E-state index in [-0.39, 0.29) is 37.8 Å². The van der Waals surface area contributed by atoms with E-state index in [0.717, 1.165) is 44.3 Å². The summed E-state index contributed by atoms with van der Waals surface area (Å²) in [5.41, 5.74) is 1.33. The summed E-state index contributed by atoms with van der Waals surface area (Å²) >= 11 is 0. The lowest BCUT2D eigenvalue weighted by atomic mass is 9.83. The molecule has 4 rings (SSSR count). The van der Waals surface area contributed by atoms with E-state index < -0.39 is 17.8 Å². The second-order valence-electron chi connectivity index (χ2n) is 12.1. The molecule has 3 heterocycles. The summed E-state index contributed by atoms with van der Waals surface area (Å²) in [6, 6.07) is 3.27. The van der Waals surface area contributed by atoms with Gasteiger partial charge >= 0.3 is 5.97 Å². The molecule has 2 saturated heterocycles. The summed E-state index contributed by atoms with van der Waals surface area (Å²) in [4.78, 5) is 46.7. The zero-order chi connectivity index (χ0) is 30.2. The normalized spacial score (nSPS) is 22.0. The second kappa shape index (κ2) is 15.0. The Kier molecular flexibility index (Phi) is 11.5. The van der Waals surface area contributed by atoms with Crippen LogP contribution in [0.3, 0.4) is 0 Å². The minimum absolute atomic E-state index is 0.0217. The van der Waals surface area contributed by atoms with Crippen LogP contribution in [-0.4, -0.2) is 120 Å². The van der Waals surface area contributed by atoms with Crippen LogP contribution in [0.15, 0.2) is 12.1 Å². The van der Waals surface area contributed by atoms with Crippen LogP contribution in [0.5, 0.6) is 11.5 Å². The van der Waals surface area contributed by atoms with Crippen LogP contribution in [0.25, 0.3) is 0 Å². The fraction of sp³-hybridized carbons (Fsp3) is 0.710. The van der Waals surface area contributed by atoms with E-state index in [1.54, 1.807) is 0 Å². The molecule has 2 N–H and O–H groups in total. The number of hydrogen-bond acceptors (Lipinski definition) is 8. The van der Waals surface area contributed by atoms with Gasteiger partial charge in [-0.05, 0) is 70.4 Å². The molecule has 1 aromatic carbocycles. The lowest BCUT2D eigenvalue weighted by molar-refractivity contribution is -0.144. The average Bonchev–Trinajstić information content (AvgIpc) is 3.68. The molecular weight excluding hydrogens is 540 g/mol. The SMILES string of the molecule is CCCCN(CCCN(C)C)C(=O)CN1C[C@H](c2cc(CO)c3c(c2)OCO3)[C@@H](C(=O)O)[C@@H]1CCCN1CCCC1=O. The highest BCUT2D eigenvalue weighted by Crippen LogP contribution is 2.44. The minimum Gasteiger partial charge on any atom is -0.481 e. The van der Waals surface area contributed by atoms with Gasteiger partial charge in [0.1, 0.15) is 0 Å². The van der Waals surface area contributed by atoms with E-state index in [2.05, 4.69) is 11.8 Å². The quantitative estimate of drug-likeness (QED) is 0.300. The Bertz CT molecular complexity index is 1100. The number of aliphatic carboxylic acids is 1. The molecule has 11 nitrogen and oxygen atoms in total. The lowest BCUT2D eigenvalue weighted by Crippen LogP contribution is -2.45. The van der Waals surface area contributed by atoms with Crippen LogP contribution in [0, 0.1) is 5.92 Å². The van der Waals surface area contributed by atoms with Crippen LogP contribution in [-0.2, 0) is 21.0 Å². The Hall–Kier alpha value is -2.89. The number of carbonyl (C=O) groups excluding carboxylic acids is 2. The third-order valence-corrected chi connectivity index (χ3v) is 8.81. The summed E-state index contributed by atoms with van der Waals surface area (Å²) in [7, 11) is 4.04. The van der Waals surface area contributed by atoms with Gasteiger partial charge in [0.15, 0.2) is 11.5 Å². The molecule has 234 valence electrons. The van der Waals surface area contributed by atoms with Gasteiger partial charge in [0, 0.05) is 56.7 Å². The Balaban J connectivity index is 1.57. The fourth-order valence-corrected chi connectivity index (χ4v) is 6.62. The van der Waals surface area contributed by atoms with Crippen LogP contribution in [0.1, 0.15) is 68.9 Å². The Labute approximate surface area is 249 Å². The highest BCUT2D eigenvalue weighted by molar-refractivity contribution is 5.79. The summed E-state index contributed by atoms with van der Waals surface area (Å²) < 4.78 is 11.1. The molecule has 3 aliphatic heterocycles. The van der Waals surface area contributed by atoms with Gasteiger partial charge < -0.3 is 34.4 Å². The fourth-order valence-electron chi connectivity index (χ4n) is 6.62. The van der Waals surface area contributed by atoms with Crippen molar-refractivity contribution in [3.05, 3.63) is 23.3 Å². The molecule has 0 spiro atoms. The number of likely N-dealkylation sites (tertiary alicyclic amines) is 2. The standard InChI is InChI=1S/C31H48N4O7/c1-4-5-12-34(15-8-11-32(2)3)28(38)19-35-18-24(22-16-23(20-36)30-26(17-22)41-21-42-30)29(31(39)40)25(35)9-6-13-33-14-7-10-27(33)37/h16-17,24-25,29,36H,4-15,18-21H2,1-3H3,(H,39,40)/t24-,25+,29-/m1/s1. The van der Waals surface area contributed by atoms with Gasteiger partial charge in [-0.2, -0.15) is 0 Å². The number of fused-ring (bicyclic) bond motifs is 1. The predicted molar refractivity (Wildman–Crippen MR) is 157 cm³/mol. The van der Waals surface area contributed by atoms with Gasteiger partial charge in [-0.1, -0.05) is 13.3 Å². The van der Waals surface area contributed by atoms with E-state index in [4.69, 9.17) is 9.47 Å². The molecule has 0 bridgehead atoms. The third kappa shape index (κ3) is 7.73. The van der Waals surface area contributed by atoms with E-state index in [1.807, 2.05) is 40.9 Å². The molecule has 11 heteroatoms. The zero-order valence-corrected chi connectivity index (χ0v) is 25.4. The van der Waals surface area contributed by atoms with Gasteiger partial charge in [0.2, 0.25) is 18.6 Å². The van der Waals surface area contributed by atoms with Crippen molar-refractivity contribution in [3.63, 3.8) is 0 Å². The maximum Gasteiger partial charge on any atom is 0.308 e. The summed E-state index contributed by atoms with van der Waals surface area (Å²) in [5.74, 6) is -0.881. The van der Waals surface area contributed by atoms with Crippen LogP contribution in [0.2, 0.25) is 0 Å². The lowest BCUT2D eigenvalue weighted by Gasteiger charge is -2.30. The van der Waals surface area contributed by atoms with Crippen molar-refractivity contribution < 1.29 is 34.1 Å². The topological polar surface area (TPSA) is 123 Å². The maximum atomic E-state index is 13.7. The molecule has 3 aliphatic rings. The molecule has 2 fully saturated rings. The van der Waals surface area contributed by atoms with Crippen molar-refractivity contribution in [3.8, 4) is 11.5 Å². The summed E-state index contributed by atoms with van der Waals surface area (Å²) in [5, 5.41) is 20.5. The molecular formula is C31H48N4O7. The van der Waals surface area contributed by atoms with Gasteiger partial charge in [-0.15, -0.1) is 0 Å². The second-order valence-corrected chi connectivity index (χ2v) is 12.1. The molecule has 2 amide bonds. The monoisotopic (exact) mass is 588 g/mol. The largest absolute Gasteiger partial charge is 0.481 e. The number of benzene rings is 1. The molecule has 42 heavy (non-hydrogen) atoms. The number of carboxylic acid groups (broad SMARTS) is 1. The molecule has 0 aromatic heterocycles.